The second-order valence-corrected chi connectivity index (χ2v) is 20.9. The lowest BCUT2D eigenvalue weighted by Gasteiger charge is -2.35. The Morgan fingerprint density at radius 1 is 0.986 bits per heavy atom. The minimum Gasteiger partial charge on any atom is -0.465 e. The molecule has 2 aromatic carbocycles. The Morgan fingerprint density at radius 2 is 1.75 bits per heavy atom. The molecule has 15 heteroatoms. The minimum atomic E-state index is -0.931. The Balaban J connectivity index is 1.17. The SMILES string of the molecule is CCn1c(-c2cccnc2[C@H](C)OC)c(CC(C)(C)COC(C)=O)c2cc(-c3cccc(C[C@H](NC(=O)[C@H](C(C)C)N(C)C(=O)C4CCN(C(=O)C#CC5CN(C)C5)C4)C(=O)N4CCCCN4)c3)ccc21. The lowest BCUT2D eigenvalue weighted by molar-refractivity contribution is -0.146. The highest BCUT2D eigenvalue weighted by molar-refractivity contribution is 5.97. The number of fused-ring (bicyclic) bond motifs is 1. The van der Waals surface area contributed by atoms with Gasteiger partial charge in [0.05, 0.1) is 30.0 Å². The molecule has 4 amide bonds. The number of hydrazine groups is 1. The van der Waals surface area contributed by atoms with E-state index in [1.807, 2.05) is 46.0 Å². The number of aromatic nitrogens is 2. The van der Waals surface area contributed by atoms with E-state index >= 15 is 0 Å². The molecule has 7 rings (SSSR count). The van der Waals surface area contributed by atoms with Crippen molar-refractivity contribution in [2.75, 3.05) is 67.1 Å². The van der Waals surface area contributed by atoms with Gasteiger partial charge >= 0.3 is 5.97 Å². The van der Waals surface area contributed by atoms with Crippen LogP contribution in [0.3, 0.4) is 0 Å². The quantitative estimate of drug-likeness (QED) is 0.0912. The van der Waals surface area contributed by atoms with Gasteiger partial charge in [0, 0.05) is 107 Å². The van der Waals surface area contributed by atoms with Gasteiger partial charge in [-0.05, 0) is 105 Å². The molecule has 0 radical (unpaired) electrons. The molecule has 4 atom stereocenters. The highest BCUT2D eigenvalue weighted by atomic mass is 16.5. The van der Waals surface area contributed by atoms with E-state index in [1.165, 1.54) is 11.8 Å². The van der Waals surface area contributed by atoms with Crippen molar-refractivity contribution in [3.63, 3.8) is 0 Å². The van der Waals surface area contributed by atoms with Gasteiger partial charge in [0.2, 0.25) is 11.8 Å². The van der Waals surface area contributed by atoms with Gasteiger partial charge in [0.25, 0.3) is 11.8 Å². The summed E-state index contributed by atoms with van der Waals surface area (Å²) in [7, 11) is 5.35. The number of ether oxygens (including phenoxy) is 2. The molecule has 2 aromatic heterocycles. The fourth-order valence-corrected chi connectivity index (χ4v) is 10.5. The highest BCUT2D eigenvalue weighted by Crippen LogP contribution is 2.42. The first-order chi connectivity index (χ1) is 33.9. The number of benzene rings is 2. The third kappa shape index (κ3) is 12.3. The van der Waals surface area contributed by atoms with E-state index in [0.29, 0.717) is 39.0 Å². The number of carbonyl (C=O) groups is 5. The second-order valence-electron chi connectivity index (χ2n) is 20.9. The highest BCUT2D eigenvalue weighted by Gasteiger charge is 2.39. The molecule has 0 saturated carbocycles. The molecule has 0 aliphatic carbocycles. The molecule has 380 valence electrons. The summed E-state index contributed by atoms with van der Waals surface area (Å²) in [5.41, 5.74) is 10.6. The largest absolute Gasteiger partial charge is 0.465 e. The van der Waals surface area contributed by atoms with Gasteiger partial charge in [-0.3, -0.25) is 34.0 Å². The number of pyridine rings is 1. The van der Waals surface area contributed by atoms with E-state index in [2.05, 4.69) is 89.2 Å². The molecular formula is C56H74N8O7. The Labute approximate surface area is 419 Å². The van der Waals surface area contributed by atoms with Crippen molar-refractivity contribution < 1.29 is 33.4 Å². The maximum Gasteiger partial charge on any atom is 0.302 e. The van der Waals surface area contributed by atoms with Crippen LogP contribution >= 0.6 is 0 Å². The number of esters is 1. The number of hydrogen-bond acceptors (Lipinski definition) is 10. The smallest absolute Gasteiger partial charge is 0.302 e. The molecule has 1 unspecified atom stereocenters. The number of nitrogens with zero attached hydrogens (tertiary/aromatic N) is 6. The Morgan fingerprint density at radius 3 is 2.42 bits per heavy atom. The van der Waals surface area contributed by atoms with Gasteiger partial charge in [-0.2, -0.15) is 0 Å². The minimum absolute atomic E-state index is 0.187. The summed E-state index contributed by atoms with van der Waals surface area (Å²) in [5, 5.41) is 5.80. The predicted octanol–water partition coefficient (Wildman–Crippen LogP) is 6.28. The molecule has 0 bridgehead atoms. The van der Waals surface area contributed by atoms with E-state index in [4.69, 9.17) is 14.5 Å². The third-order valence-electron chi connectivity index (χ3n) is 14.3. The fraction of sp³-hybridized carbons (Fsp3) is 0.536. The second kappa shape index (κ2) is 23.0. The van der Waals surface area contributed by atoms with Crippen LogP contribution in [0, 0.1) is 35.0 Å². The van der Waals surface area contributed by atoms with E-state index < -0.39 is 29.3 Å². The van der Waals surface area contributed by atoms with Crippen LogP contribution in [-0.4, -0.2) is 138 Å². The van der Waals surface area contributed by atoms with Crippen LogP contribution in [0.25, 0.3) is 33.3 Å². The molecule has 3 saturated heterocycles. The van der Waals surface area contributed by atoms with Gasteiger partial charge in [-0.1, -0.05) is 63.9 Å². The molecule has 5 heterocycles. The van der Waals surface area contributed by atoms with Crippen molar-refractivity contribution in [1.82, 2.24) is 40.0 Å². The maximum absolute atomic E-state index is 14.5. The standard InChI is InChI=1S/C56H74N8O7/c1-11-63-48-21-20-42(30-45(48)46(31-56(6,7)35-71-38(5)65)52(63)44-18-15-24-57-50(44)37(4)70-10)41-17-14-16-39(28-41)29-47(55(69)64-26-13-12-25-58-64)59-53(67)51(36(2)3)61(9)54(68)43-23-27-62(34-43)49(66)22-19-40-32-60(8)33-40/h14-18,20-21,24,28,30,36-37,40,43,47,51,58H,11-13,23,25-27,29,31-35H2,1-10H3,(H,59,67)/t37-,43?,47-,51-/m0/s1. The Bertz CT molecular complexity index is 2650. The molecule has 0 spiro atoms. The van der Waals surface area contributed by atoms with Crippen LogP contribution < -0.4 is 10.7 Å². The molecule has 4 aromatic rings. The van der Waals surface area contributed by atoms with Crippen molar-refractivity contribution in [1.29, 1.82) is 0 Å². The van der Waals surface area contributed by atoms with Gasteiger partial charge in [0.1, 0.15) is 12.1 Å². The average Bonchev–Trinajstić information content (AvgIpc) is 3.96. The summed E-state index contributed by atoms with van der Waals surface area (Å²) < 4.78 is 13.7. The number of likely N-dealkylation sites (N-methyl/N-ethyl adjacent to an activating group) is 1. The van der Waals surface area contributed by atoms with Crippen LogP contribution in [0.1, 0.15) is 90.7 Å². The monoisotopic (exact) mass is 971 g/mol. The Hall–Kier alpha value is -6.08. The molecule has 3 aliphatic heterocycles. The lowest BCUT2D eigenvalue weighted by atomic mass is 9.84. The van der Waals surface area contributed by atoms with Crippen molar-refractivity contribution in [3.05, 3.63) is 77.6 Å². The first-order valence-corrected chi connectivity index (χ1v) is 25.4. The lowest BCUT2D eigenvalue weighted by Crippen LogP contribution is -2.59. The molecule has 3 aliphatic rings. The number of rotatable bonds is 17. The number of aryl methyl sites for hydroxylation is 1. The number of carbonyl (C=O) groups excluding carboxylic acids is 5. The van der Waals surface area contributed by atoms with Crippen molar-refractivity contribution in [3.8, 4) is 34.2 Å². The van der Waals surface area contributed by atoms with Crippen LogP contribution in [0.4, 0.5) is 0 Å². The fourth-order valence-electron chi connectivity index (χ4n) is 10.5. The van der Waals surface area contributed by atoms with Crippen LogP contribution in [0.2, 0.25) is 0 Å². The summed E-state index contributed by atoms with van der Waals surface area (Å²) in [5.74, 6) is 3.85. The van der Waals surface area contributed by atoms with Crippen molar-refractivity contribution >= 4 is 40.5 Å². The zero-order valence-corrected chi connectivity index (χ0v) is 43.5. The van der Waals surface area contributed by atoms with Gasteiger partial charge in [0.15, 0.2) is 0 Å². The first kappa shape index (κ1) is 52.7. The van der Waals surface area contributed by atoms with E-state index in [1.54, 1.807) is 30.3 Å². The average molecular weight is 971 g/mol. The Kier molecular flexibility index (Phi) is 17.1. The summed E-state index contributed by atoms with van der Waals surface area (Å²) in [6.45, 7) is 18.1. The topological polar surface area (TPSA) is 159 Å². The number of nitrogens with one attached hydrogen (secondary N) is 2. The number of methoxy groups -OCH3 is 1. The normalized spacial score (nSPS) is 17.8. The number of amides is 4. The molecule has 2 N–H and O–H groups in total. The number of likely N-dealkylation sites (tertiary alicyclic amines) is 2. The summed E-state index contributed by atoms with van der Waals surface area (Å²) in [6.07, 6.45) is 4.62. The number of hydrogen-bond donors (Lipinski definition) is 2. The van der Waals surface area contributed by atoms with Gasteiger partial charge in [-0.15, -0.1) is 0 Å². The first-order valence-electron chi connectivity index (χ1n) is 25.4. The van der Waals surface area contributed by atoms with E-state index in [0.717, 1.165) is 76.0 Å². The zero-order chi connectivity index (χ0) is 51.1. The van der Waals surface area contributed by atoms with Crippen molar-refractivity contribution in [2.45, 2.75) is 105 Å². The van der Waals surface area contributed by atoms with Crippen LogP contribution in [-0.2, 0) is 52.8 Å². The third-order valence-corrected chi connectivity index (χ3v) is 14.3. The summed E-state index contributed by atoms with van der Waals surface area (Å²) in [6, 6.07) is 16.9. The predicted molar refractivity (Wildman–Crippen MR) is 275 cm³/mol. The van der Waals surface area contributed by atoms with Gasteiger partial charge < -0.3 is 34.1 Å². The molecule has 3 fully saturated rings. The van der Waals surface area contributed by atoms with Crippen molar-refractivity contribution in [2.24, 2.45) is 23.2 Å². The maximum atomic E-state index is 14.5. The zero-order valence-electron chi connectivity index (χ0n) is 43.5. The van der Waals surface area contributed by atoms with E-state index in [-0.39, 0.29) is 61.2 Å². The summed E-state index contributed by atoms with van der Waals surface area (Å²) in [4.78, 5) is 78.2. The molecular weight excluding hydrogens is 897 g/mol. The molecule has 71 heavy (non-hydrogen) atoms. The molecule has 15 nitrogen and oxygen atoms in total. The summed E-state index contributed by atoms with van der Waals surface area (Å²) >= 11 is 0. The van der Waals surface area contributed by atoms with Crippen LogP contribution in [0.5, 0.6) is 0 Å². The van der Waals surface area contributed by atoms with Crippen LogP contribution in [0.15, 0.2) is 60.8 Å². The van der Waals surface area contributed by atoms with E-state index in [9.17, 15) is 24.0 Å². The van der Waals surface area contributed by atoms with Gasteiger partial charge in [-0.25, -0.2) is 5.43 Å².